The van der Waals surface area contributed by atoms with E-state index in [9.17, 15) is 9.18 Å². The first-order valence-corrected chi connectivity index (χ1v) is 2.80. The Kier molecular flexibility index (Phi) is 2.12. The molecule has 0 unspecified atom stereocenters. The van der Waals surface area contributed by atoms with Crippen LogP contribution in [0.1, 0.15) is 10.4 Å². The van der Waals surface area contributed by atoms with Crippen molar-refractivity contribution in [3.63, 3.8) is 0 Å². The minimum atomic E-state index is -0.711. The molecule has 0 aliphatic heterocycles. The Balaban J connectivity index is 2.90. The minimum Gasteiger partial charge on any atom is -0.288 e. The smallest absolute Gasteiger partial charge is 0.276 e. The number of carbonyl (C=O) groups excluding carboxylic acids is 1. The van der Waals surface area contributed by atoms with Crippen LogP contribution in [-0.4, -0.2) is 16.1 Å². The number of halogens is 1. The van der Waals surface area contributed by atoms with E-state index in [0.717, 1.165) is 12.3 Å². The van der Waals surface area contributed by atoms with Gasteiger partial charge in [-0.1, -0.05) is 0 Å². The number of rotatable bonds is 1. The number of carbonyl (C=O) groups is 1. The molecule has 0 saturated carbocycles. The number of hydrogen-bond acceptors (Lipinski definition) is 3. The van der Waals surface area contributed by atoms with Gasteiger partial charge in [-0.05, 0) is 12.1 Å². The van der Waals surface area contributed by atoms with Crippen molar-refractivity contribution in [3.8, 4) is 0 Å². The number of hydroxylamine groups is 1. The van der Waals surface area contributed by atoms with Gasteiger partial charge >= 0.3 is 0 Å². The van der Waals surface area contributed by atoms with Crippen molar-refractivity contribution in [1.29, 1.82) is 0 Å². The second-order valence-electron chi connectivity index (χ2n) is 1.81. The van der Waals surface area contributed by atoms with Gasteiger partial charge in [0.1, 0.15) is 0 Å². The summed E-state index contributed by atoms with van der Waals surface area (Å²) < 4.78 is 12.1. The van der Waals surface area contributed by atoms with Crippen LogP contribution in [0.3, 0.4) is 0 Å². The molecule has 58 valence electrons. The zero-order valence-electron chi connectivity index (χ0n) is 5.41. The molecule has 0 saturated heterocycles. The largest absolute Gasteiger partial charge is 0.288 e. The standard InChI is InChI=1S/C6H5FN2O2/c7-5-2-1-4(3-8-5)6(10)9-11/h1-3,11H,(H,9,10). The summed E-state index contributed by atoms with van der Waals surface area (Å²) in [4.78, 5) is 13.8. The van der Waals surface area contributed by atoms with Crippen LogP contribution >= 0.6 is 0 Å². The maximum Gasteiger partial charge on any atom is 0.276 e. The fourth-order valence-electron chi connectivity index (χ4n) is 0.575. The molecule has 0 aliphatic rings. The van der Waals surface area contributed by atoms with E-state index in [-0.39, 0.29) is 5.56 Å². The number of amides is 1. The maximum absolute atomic E-state index is 12.1. The fraction of sp³-hybridized carbons (Fsp3) is 0. The van der Waals surface area contributed by atoms with Crippen LogP contribution in [-0.2, 0) is 0 Å². The Morgan fingerprint density at radius 2 is 2.36 bits per heavy atom. The first kappa shape index (κ1) is 7.62. The third-order valence-corrected chi connectivity index (χ3v) is 1.09. The van der Waals surface area contributed by atoms with Gasteiger partial charge in [-0.15, -0.1) is 0 Å². The van der Waals surface area contributed by atoms with E-state index in [0.29, 0.717) is 0 Å². The average molecular weight is 156 g/mol. The van der Waals surface area contributed by atoms with E-state index in [1.54, 1.807) is 0 Å². The van der Waals surface area contributed by atoms with Crippen LogP contribution in [0.15, 0.2) is 18.3 Å². The van der Waals surface area contributed by atoms with Gasteiger partial charge in [0.15, 0.2) is 0 Å². The van der Waals surface area contributed by atoms with Gasteiger partial charge in [0.2, 0.25) is 5.95 Å². The number of nitrogens with one attached hydrogen (secondary N) is 1. The lowest BCUT2D eigenvalue weighted by Crippen LogP contribution is -2.18. The molecule has 11 heavy (non-hydrogen) atoms. The molecule has 1 amide bonds. The lowest BCUT2D eigenvalue weighted by molar-refractivity contribution is 0.0706. The van der Waals surface area contributed by atoms with Crippen molar-refractivity contribution in [2.45, 2.75) is 0 Å². The first-order valence-electron chi connectivity index (χ1n) is 2.80. The van der Waals surface area contributed by atoms with Crippen molar-refractivity contribution in [1.82, 2.24) is 10.5 Å². The zero-order chi connectivity index (χ0) is 8.27. The van der Waals surface area contributed by atoms with E-state index in [2.05, 4.69) is 4.98 Å². The van der Waals surface area contributed by atoms with E-state index >= 15 is 0 Å². The average Bonchev–Trinajstić information content (AvgIpc) is 2.05. The molecule has 1 aromatic heterocycles. The molecule has 0 aromatic carbocycles. The highest BCUT2D eigenvalue weighted by Gasteiger charge is 2.02. The second kappa shape index (κ2) is 3.07. The highest BCUT2D eigenvalue weighted by atomic mass is 19.1. The Morgan fingerprint density at radius 3 is 2.82 bits per heavy atom. The lowest BCUT2D eigenvalue weighted by Gasteiger charge is -1.95. The number of hydrogen-bond donors (Lipinski definition) is 2. The molecule has 2 N–H and O–H groups in total. The number of aromatic nitrogens is 1. The minimum absolute atomic E-state index is 0.105. The Bertz CT molecular complexity index is 260. The van der Waals surface area contributed by atoms with Crippen LogP contribution < -0.4 is 5.48 Å². The molecule has 0 spiro atoms. The predicted octanol–water partition coefficient (Wildman–Crippen LogP) is 0.340. The molecular weight excluding hydrogens is 151 g/mol. The summed E-state index contributed by atoms with van der Waals surface area (Å²) in [5.74, 6) is -1.38. The molecule has 0 aliphatic carbocycles. The molecule has 0 bridgehead atoms. The van der Waals surface area contributed by atoms with E-state index in [1.165, 1.54) is 11.5 Å². The highest BCUT2D eigenvalue weighted by Crippen LogP contribution is 1.97. The Hall–Kier alpha value is -1.49. The molecule has 0 radical (unpaired) electrons. The summed E-state index contributed by atoms with van der Waals surface area (Å²) in [7, 11) is 0. The molecule has 0 fully saturated rings. The molecule has 5 heteroatoms. The third-order valence-electron chi connectivity index (χ3n) is 1.09. The summed E-state index contributed by atoms with van der Waals surface area (Å²) in [6, 6.07) is 2.25. The molecule has 4 nitrogen and oxygen atoms in total. The third kappa shape index (κ3) is 1.71. The molecular formula is C6H5FN2O2. The highest BCUT2D eigenvalue weighted by molar-refractivity contribution is 5.92. The monoisotopic (exact) mass is 156 g/mol. The van der Waals surface area contributed by atoms with Gasteiger partial charge in [0.05, 0.1) is 5.56 Å². The fourth-order valence-corrected chi connectivity index (χ4v) is 0.575. The van der Waals surface area contributed by atoms with Gasteiger partial charge < -0.3 is 0 Å². The van der Waals surface area contributed by atoms with E-state index in [4.69, 9.17) is 5.21 Å². The molecule has 1 heterocycles. The summed E-state index contributed by atoms with van der Waals surface area (Å²) >= 11 is 0. The normalized spacial score (nSPS) is 9.27. The summed E-state index contributed by atoms with van der Waals surface area (Å²) in [5, 5.41) is 8.14. The second-order valence-corrected chi connectivity index (χ2v) is 1.81. The van der Waals surface area contributed by atoms with Crippen molar-refractivity contribution in [2.24, 2.45) is 0 Å². The maximum atomic E-state index is 12.1. The van der Waals surface area contributed by atoms with Crippen LogP contribution in [0.25, 0.3) is 0 Å². The Morgan fingerprint density at radius 1 is 1.64 bits per heavy atom. The zero-order valence-corrected chi connectivity index (χ0v) is 5.41. The lowest BCUT2D eigenvalue weighted by atomic mass is 10.3. The predicted molar refractivity (Wildman–Crippen MR) is 33.4 cm³/mol. The number of pyridine rings is 1. The van der Waals surface area contributed by atoms with Crippen LogP contribution in [0.4, 0.5) is 4.39 Å². The molecule has 1 rings (SSSR count). The van der Waals surface area contributed by atoms with Crippen LogP contribution in [0.2, 0.25) is 0 Å². The van der Waals surface area contributed by atoms with Gasteiger partial charge in [-0.3, -0.25) is 10.0 Å². The number of nitrogens with zero attached hydrogens (tertiary/aromatic N) is 1. The van der Waals surface area contributed by atoms with Crippen molar-refractivity contribution >= 4 is 5.91 Å². The van der Waals surface area contributed by atoms with E-state index in [1.807, 2.05) is 0 Å². The van der Waals surface area contributed by atoms with Gasteiger partial charge in [-0.25, -0.2) is 10.5 Å². The summed E-state index contributed by atoms with van der Waals surface area (Å²) in [6.07, 6.45) is 1.03. The Labute approximate surface area is 61.6 Å². The van der Waals surface area contributed by atoms with Crippen LogP contribution in [0.5, 0.6) is 0 Å². The van der Waals surface area contributed by atoms with Gasteiger partial charge in [0, 0.05) is 6.20 Å². The van der Waals surface area contributed by atoms with Crippen molar-refractivity contribution in [3.05, 3.63) is 29.8 Å². The topological polar surface area (TPSA) is 62.2 Å². The SMILES string of the molecule is O=C(NO)c1ccc(F)nc1. The van der Waals surface area contributed by atoms with E-state index < -0.39 is 11.9 Å². The van der Waals surface area contributed by atoms with Gasteiger partial charge in [-0.2, -0.15) is 4.39 Å². The summed E-state index contributed by atoms with van der Waals surface area (Å²) in [5.41, 5.74) is 1.50. The van der Waals surface area contributed by atoms with Crippen molar-refractivity contribution in [2.75, 3.05) is 0 Å². The quantitative estimate of drug-likeness (QED) is 0.350. The van der Waals surface area contributed by atoms with Crippen LogP contribution in [0, 0.1) is 5.95 Å². The van der Waals surface area contributed by atoms with Gasteiger partial charge in [0.25, 0.3) is 5.91 Å². The molecule has 0 atom stereocenters. The summed E-state index contributed by atoms with van der Waals surface area (Å²) in [6.45, 7) is 0. The molecule has 1 aromatic rings. The first-order chi connectivity index (χ1) is 5.24. The van der Waals surface area contributed by atoms with Crippen molar-refractivity contribution < 1.29 is 14.4 Å².